The van der Waals surface area contributed by atoms with Gasteiger partial charge in [-0.1, -0.05) is 13.8 Å². The zero-order valence-electron chi connectivity index (χ0n) is 14.5. The number of aliphatic hydroxyl groups excluding tert-OH is 1. The highest BCUT2D eigenvalue weighted by Crippen LogP contribution is 2.14. The number of morpholine rings is 1. The maximum atomic E-state index is 9.19. The van der Waals surface area contributed by atoms with Gasteiger partial charge in [-0.05, 0) is 38.3 Å². The van der Waals surface area contributed by atoms with Crippen LogP contribution in [-0.2, 0) is 4.74 Å². The minimum atomic E-state index is 0.286. The Hall–Kier alpha value is -0.200. The summed E-state index contributed by atoms with van der Waals surface area (Å²) >= 11 is 0. The SMILES string of the molecule is CC(C)C(CCO)NC1CCN(CCN2CCOCC2)CC1. The fourth-order valence-electron chi connectivity index (χ4n) is 3.48. The van der Waals surface area contributed by atoms with E-state index in [-0.39, 0.29) is 6.61 Å². The van der Waals surface area contributed by atoms with E-state index in [1.165, 1.54) is 39.0 Å². The van der Waals surface area contributed by atoms with Gasteiger partial charge in [0, 0.05) is 44.9 Å². The second kappa shape index (κ2) is 9.83. The van der Waals surface area contributed by atoms with Gasteiger partial charge in [-0.25, -0.2) is 0 Å². The molecule has 0 saturated carbocycles. The minimum absolute atomic E-state index is 0.286. The summed E-state index contributed by atoms with van der Waals surface area (Å²) in [5.74, 6) is 0.589. The van der Waals surface area contributed by atoms with Crippen LogP contribution in [0.4, 0.5) is 0 Å². The molecule has 2 aliphatic heterocycles. The quantitative estimate of drug-likeness (QED) is 0.693. The zero-order chi connectivity index (χ0) is 15.8. The number of nitrogens with one attached hydrogen (secondary N) is 1. The second-order valence-electron chi connectivity index (χ2n) is 7.10. The van der Waals surface area contributed by atoms with E-state index in [0.29, 0.717) is 18.0 Å². The molecule has 1 atom stereocenters. The second-order valence-corrected chi connectivity index (χ2v) is 7.10. The number of hydrogen-bond donors (Lipinski definition) is 2. The molecule has 0 aromatic heterocycles. The molecule has 1 unspecified atom stereocenters. The molecule has 0 amide bonds. The molecule has 130 valence electrons. The molecule has 5 heteroatoms. The van der Waals surface area contributed by atoms with Gasteiger partial charge in [0.2, 0.25) is 0 Å². The van der Waals surface area contributed by atoms with E-state index in [2.05, 4.69) is 29.0 Å². The smallest absolute Gasteiger partial charge is 0.0594 e. The van der Waals surface area contributed by atoms with Crippen LogP contribution in [0.1, 0.15) is 33.1 Å². The minimum Gasteiger partial charge on any atom is -0.396 e. The van der Waals surface area contributed by atoms with Crippen LogP contribution in [0.25, 0.3) is 0 Å². The van der Waals surface area contributed by atoms with Gasteiger partial charge in [0.15, 0.2) is 0 Å². The number of nitrogens with zero attached hydrogens (tertiary/aromatic N) is 2. The van der Waals surface area contributed by atoms with E-state index >= 15 is 0 Å². The Morgan fingerprint density at radius 3 is 2.18 bits per heavy atom. The lowest BCUT2D eigenvalue weighted by atomic mass is 9.97. The largest absolute Gasteiger partial charge is 0.396 e. The van der Waals surface area contributed by atoms with Gasteiger partial charge in [-0.3, -0.25) is 4.90 Å². The molecule has 2 N–H and O–H groups in total. The molecular formula is C17H35N3O2. The molecule has 2 fully saturated rings. The van der Waals surface area contributed by atoms with Crippen LogP contribution in [-0.4, -0.2) is 86.1 Å². The summed E-state index contributed by atoms with van der Waals surface area (Å²) in [5.41, 5.74) is 0. The average Bonchev–Trinajstić information content (AvgIpc) is 2.54. The maximum absolute atomic E-state index is 9.19. The normalized spacial score (nSPS) is 24.0. The van der Waals surface area contributed by atoms with Crippen molar-refractivity contribution >= 4 is 0 Å². The fourth-order valence-corrected chi connectivity index (χ4v) is 3.48. The van der Waals surface area contributed by atoms with Gasteiger partial charge in [0.05, 0.1) is 13.2 Å². The molecule has 0 aromatic rings. The van der Waals surface area contributed by atoms with E-state index < -0.39 is 0 Å². The molecule has 22 heavy (non-hydrogen) atoms. The monoisotopic (exact) mass is 313 g/mol. The third kappa shape index (κ3) is 6.13. The number of likely N-dealkylation sites (tertiary alicyclic amines) is 1. The van der Waals surface area contributed by atoms with Crippen molar-refractivity contribution in [2.75, 3.05) is 59.1 Å². The van der Waals surface area contributed by atoms with Crippen molar-refractivity contribution in [1.82, 2.24) is 15.1 Å². The molecule has 2 aliphatic rings. The van der Waals surface area contributed by atoms with Gasteiger partial charge >= 0.3 is 0 Å². The van der Waals surface area contributed by atoms with Crippen molar-refractivity contribution in [3.05, 3.63) is 0 Å². The first-order valence-corrected chi connectivity index (χ1v) is 9.08. The van der Waals surface area contributed by atoms with E-state index in [4.69, 9.17) is 4.74 Å². The molecule has 5 nitrogen and oxygen atoms in total. The van der Waals surface area contributed by atoms with Crippen LogP contribution < -0.4 is 5.32 Å². The first-order valence-electron chi connectivity index (χ1n) is 9.08. The summed E-state index contributed by atoms with van der Waals surface area (Å²) in [4.78, 5) is 5.12. The highest BCUT2D eigenvalue weighted by Gasteiger charge is 2.23. The predicted molar refractivity (Wildman–Crippen MR) is 90.2 cm³/mol. The molecule has 0 bridgehead atoms. The summed E-state index contributed by atoms with van der Waals surface area (Å²) in [5, 5.41) is 13.0. The third-order valence-corrected chi connectivity index (χ3v) is 5.12. The number of aliphatic hydroxyl groups is 1. The lowest BCUT2D eigenvalue weighted by Crippen LogP contribution is -2.49. The highest BCUT2D eigenvalue weighted by molar-refractivity contribution is 4.82. The molecule has 0 aliphatic carbocycles. The summed E-state index contributed by atoms with van der Waals surface area (Å²) in [6.45, 7) is 13.5. The van der Waals surface area contributed by atoms with Crippen LogP contribution >= 0.6 is 0 Å². The van der Waals surface area contributed by atoms with Crippen LogP contribution in [0.5, 0.6) is 0 Å². The van der Waals surface area contributed by atoms with E-state index in [1.807, 2.05) is 0 Å². The van der Waals surface area contributed by atoms with E-state index in [9.17, 15) is 5.11 Å². The fraction of sp³-hybridized carbons (Fsp3) is 1.00. The van der Waals surface area contributed by atoms with Crippen molar-refractivity contribution < 1.29 is 9.84 Å². The van der Waals surface area contributed by atoms with Crippen molar-refractivity contribution in [2.24, 2.45) is 5.92 Å². The molecule has 0 radical (unpaired) electrons. The maximum Gasteiger partial charge on any atom is 0.0594 e. The lowest BCUT2D eigenvalue weighted by molar-refractivity contribution is 0.0317. The van der Waals surface area contributed by atoms with Crippen molar-refractivity contribution in [2.45, 2.75) is 45.2 Å². The Bertz CT molecular complexity index is 288. The zero-order valence-corrected chi connectivity index (χ0v) is 14.5. The molecular weight excluding hydrogens is 278 g/mol. The third-order valence-electron chi connectivity index (χ3n) is 5.12. The van der Waals surface area contributed by atoms with Crippen molar-refractivity contribution in [3.8, 4) is 0 Å². The standard InChI is InChI=1S/C17H35N3O2/c1-15(2)17(5-12-21)18-16-3-6-19(7-4-16)8-9-20-10-13-22-14-11-20/h15-18,21H,3-14H2,1-2H3. The Kier molecular flexibility index (Phi) is 8.11. The van der Waals surface area contributed by atoms with E-state index in [0.717, 1.165) is 32.7 Å². The summed E-state index contributed by atoms with van der Waals surface area (Å²) in [6, 6.07) is 1.08. The highest BCUT2D eigenvalue weighted by atomic mass is 16.5. The average molecular weight is 313 g/mol. The van der Waals surface area contributed by atoms with Gasteiger partial charge in [-0.15, -0.1) is 0 Å². The first-order chi connectivity index (χ1) is 10.7. The van der Waals surface area contributed by atoms with Gasteiger partial charge in [-0.2, -0.15) is 0 Å². The molecule has 2 saturated heterocycles. The number of piperidine rings is 1. The van der Waals surface area contributed by atoms with Gasteiger partial charge in [0.25, 0.3) is 0 Å². The van der Waals surface area contributed by atoms with Crippen LogP contribution in [0.3, 0.4) is 0 Å². The number of hydrogen-bond acceptors (Lipinski definition) is 5. The Labute approximate surface area is 136 Å². The Morgan fingerprint density at radius 1 is 1.05 bits per heavy atom. The lowest BCUT2D eigenvalue weighted by Gasteiger charge is -2.36. The van der Waals surface area contributed by atoms with Crippen molar-refractivity contribution in [1.29, 1.82) is 0 Å². The number of ether oxygens (including phenoxy) is 1. The van der Waals surface area contributed by atoms with Crippen LogP contribution in [0.2, 0.25) is 0 Å². The topological polar surface area (TPSA) is 48.0 Å². The summed E-state index contributed by atoms with van der Waals surface area (Å²) in [7, 11) is 0. The Balaban J connectivity index is 1.62. The Morgan fingerprint density at radius 2 is 1.64 bits per heavy atom. The predicted octanol–water partition coefficient (Wildman–Crippen LogP) is 0.780. The molecule has 0 spiro atoms. The molecule has 0 aromatic carbocycles. The number of rotatable bonds is 8. The first kappa shape index (κ1) is 18.1. The van der Waals surface area contributed by atoms with Gasteiger partial charge < -0.3 is 20.1 Å². The van der Waals surface area contributed by atoms with Gasteiger partial charge in [0.1, 0.15) is 0 Å². The molecule has 2 heterocycles. The summed E-state index contributed by atoms with van der Waals surface area (Å²) < 4.78 is 5.40. The van der Waals surface area contributed by atoms with Crippen molar-refractivity contribution in [3.63, 3.8) is 0 Å². The van der Waals surface area contributed by atoms with E-state index in [1.54, 1.807) is 0 Å². The summed E-state index contributed by atoms with van der Waals surface area (Å²) in [6.07, 6.45) is 3.34. The van der Waals surface area contributed by atoms with Crippen LogP contribution in [0, 0.1) is 5.92 Å². The molecule has 2 rings (SSSR count). The van der Waals surface area contributed by atoms with Crippen LogP contribution in [0.15, 0.2) is 0 Å².